The van der Waals surface area contributed by atoms with Gasteiger partial charge in [0.15, 0.2) is 5.96 Å². The molecule has 0 saturated heterocycles. The molecule has 0 saturated carbocycles. The van der Waals surface area contributed by atoms with Crippen LogP contribution in [-0.4, -0.2) is 77.3 Å². The van der Waals surface area contributed by atoms with Gasteiger partial charge in [0.1, 0.15) is 18.1 Å². The number of nitrogens with zero attached hydrogens (tertiary/aromatic N) is 1. The summed E-state index contributed by atoms with van der Waals surface area (Å²) in [5.74, 6) is -5.33. The lowest BCUT2D eigenvalue weighted by molar-refractivity contribution is -0.142. The second-order valence-electron chi connectivity index (χ2n) is 9.22. The summed E-state index contributed by atoms with van der Waals surface area (Å²) in [5, 5.41) is 16.6. The zero-order chi connectivity index (χ0) is 29.4. The van der Waals surface area contributed by atoms with E-state index in [9.17, 15) is 33.9 Å². The smallest absolute Gasteiger partial charge is 0.326 e. The number of primary amides is 2. The number of hydrogen-bond acceptors (Lipinski definition) is 8. The Morgan fingerprint density at radius 2 is 1.21 bits per heavy atom. The molecule has 16 heteroatoms. The Morgan fingerprint density at radius 1 is 0.737 bits per heavy atom. The van der Waals surface area contributed by atoms with Crippen molar-refractivity contribution in [3.8, 4) is 0 Å². The van der Waals surface area contributed by atoms with Gasteiger partial charge in [-0.2, -0.15) is 0 Å². The molecular weight excluding hydrogens is 502 g/mol. The minimum atomic E-state index is -1.47. The van der Waals surface area contributed by atoms with E-state index in [1.807, 2.05) is 13.8 Å². The summed E-state index contributed by atoms with van der Waals surface area (Å²) in [6, 6.07) is -4.86. The molecule has 0 fully saturated rings. The number of carboxylic acids is 1. The first-order valence-electron chi connectivity index (χ1n) is 12.1. The molecule has 0 heterocycles. The number of aliphatic imine (C=N–C) groups is 1. The third kappa shape index (κ3) is 15.2. The average Bonchev–Trinajstić information content (AvgIpc) is 2.80. The van der Waals surface area contributed by atoms with Crippen molar-refractivity contribution in [1.82, 2.24) is 16.0 Å². The maximum Gasteiger partial charge on any atom is 0.326 e. The lowest BCUT2D eigenvalue weighted by Crippen LogP contribution is -2.57. The fourth-order valence-corrected chi connectivity index (χ4v) is 3.28. The first kappa shape index (κ1) is 34.0. The van der Waals surface area contributed by atoms with E-state index in [1.54, 1.807) is 0 Å². The van der Waals surface area contributed by atoms with Crippen LogP contribution in [0.4, 0.5) is 0 Å². The van der Waals surface area contributed by atoms with Gasteiger partial charge < -0.3 is 49.7 Å². The number of aliphatic carboxylic acids is 1. The summed E-state index contributed by atoms with van der Waals surface area (Å²) in [5.41, 5.74) is 26.6. The highest BCUT2D eigenvalue weighted by Gasteiger charge is 2.31. The summed E-state index contributed by atoms with van der Waals surface area (Å²) >= 11 is 0. The minimum absolute atomic E-state index is 0.0489. The summed E-state index contributed by atoms with van der Waals surface area (Å²) in [6.45, 7) is 3.90. The molecule has 216 valence electrons. The van der Waals surface area contributed by atoms with Crippen molar-refractivity contribution in [3.05, 3.63) is 0 Å². The fraction of sp³-hybridized carbons (Fsp3) is 0.682. The zero-order valence-electron chi connectivity index (χ0n) is 21.8. The highest BCUT2D eigenvalue weighted by atomic mass is 16.4. The van der Waals surface area contributed by atoms with E-state index in [1.165, 1.54) is 0 Å². The van der Waals surface area contributed by atoms with E-state index < -0.39 is 59.7 Å². The lowest BCUT2D eigenvalue weighted by atomic mass is 10.0. The Morgan fingerprint density at radius 3 is 1.68 bits per heavy atom. The van der Waals surface area contributed by atoms with Gasteiger partial charge in [-0.1, -0.05) is 13.8 Å². The van der Waals surface area contributed by atoms with Crippen LogP contribution in [0.2, 0.25) is 0 Å². The molecule has 0 spiro atoms. The SMILES string of the molecule is CC(C)CC(NC(=O)C(N)CCCN=C(N)N)C(=O)NC(CCC(N)=O)C(=O)NC(CCC(N)=O)C(=O)O. The van der Waals surface area contributed by atoms with E-state index in [0.717, 1.165) is 0 Å². The molecule has 0 aromatic rings. The molecule has 0 radical (unpaired) electrons. The van der Waals surface area contributed by atoms with E-state index >= 15 is 0 Å². The first-order chi connectivity index (χ1) is 17.6. The topological polar surface area (TPSA) is 301 Å². The Hall–Kier alpha value is -3.95. The normalized spacial score (nSPS) is 13.9. The number of amides is 5. The van der Waals surface area contributed by atoms with Gasteiger partial charge in [0, 0.05) is 19.4 Å². The Bertz CT molecular complexity index is 875. The van der Waals surface area contributed by atoms with Crippen LogP contribution in [-0.2, 0) is 28.8 Å². The molecule has 38 heavy (non-hydrogen) atoms. The van der Waals surface area contributed by atoms with Crippen molar-refractivity contribution >= 4 is 41.5 Å². The maximum atomic E-state index is 13.1. The Kier molecular flexibility index (Phi) is 15.7. The van der Waals surface area contributed by atoms with Crippen LogP contribution < -0.4 is 44.6 Å². The van der Waals surface area contributed by atoms with Crippen LogP contribution in [0.15, 0.2) is 4.99 Å². The molecule has 16 nitrogen and oxygen atoms in total. The molecule has 0 aromatic heterocycles. The minimum Gasteiger partial charge on any atom is -0.480 e. The number of nitrogens with one attached hydrogen (secondary N) is 3. The Labute approximate surface area is 220 Å². The zero-order valence-corrected chi connectivity index (χ0v) is 21.8. The summed E-state index contributed by atoms with van der Waals surface area (Å²) in [6.07, 6.45) is -0.252. The van der Waals surface area contributed by atoms with Gasteiger partial charge in [-0.25, -0.2) is 4.79 Å². The van der Waals surface area contributed by atoms with Gasteiger partial charge in [-0.3, -0.25) is 29.0 Å². The molecule has 0 rings (SSSR count). The van der Waals surface area contributed by atoms with Gasteiger partial charge in [-0.15, -0.1) is 0 Å². The number of rotatable bonds is 19. The van der Waals surface area contributed by atoms with Crippen molar-refractivity contribution in [1.29, 1.82) is 0 Å². The van der Waals surface area contributed by atoms with Gasteiger partial charge in [-0.05, 0) is 38.0 Å². The monoisotopic (exact) mass is 543 g/mol. The third-order valence-electron chi connectivity index (χ3n) is 5.25. The van der Waals surface area contributed by atoms with Gasteiger partial charge in [0.05, 0.1) is 6.04 Å². The number of guanidine groups is 1. The fourth-order valence-electron chi connectivity index (χ4n) is 3.28. The van der Waals surface area contributed by atoms with E-state index in [0.29, 0.717) is 6.42 Å². The molecule has 0 bridgehead atoms. The number of nitrogens with two attached hydrogens (primary N) is 5. The molecule has 14 N–H and O–H groups in total. The molecule has 0 aliphatic carbocycles. The predicted octanol–water partition coefficient (Wildman–Crippen LogP) is -3.52. The molecule has 0 aromatic carbocycles. The number of carbonyl (C=O) groups excluding carboxylic acids is 5. The van der Waals surface area contributed by atoms with Crippen molar-refractivity contribution < 1.29 is 33.9 Å². The van der Waals surface area contributed by atoms with Crippen molar-refractivity contribution in [2.75, 3.05) is 6.54 Å². The van der Waals surface area contributed by atoms with E-state index in [4.69, 9.17) is 28.7 Å². The molecule has 4 unspecified atom stereocenters. The van der Waals surface area contributed by atoms with E-state index in [-0.39, 0.29) is 56.9 Å². The van der Waals surface area contributed by atoms with Crippen LogP contribution in [0, 0.1) is 5.92 Å². The van der Waals surface area contributed by atoms with Crippen LogP contribution >= 0.6 is 0 Å². The van der Waals surface area contributed by atoms with Crippen LogP contribution in [0.25, 0.3) is 0 Å². The summed E-state index contributed by atoms with van der Waals surface area (Å²) in [4.78, 5) is 76.1. The van der Waals surface area contributed by atoms with E-state index in [2.05, 4.69) is 20.9 Å². The largest absolute Gasteiger partial charge is 0.480 e. The maximum absolute atomic E-state index is 13.1. The van der Waals surface area contributed by atoms with Crippen molar-refractivity contribution in [2.45, 2.75) is 83.0 Å². The summed E-state index contributed by atoms with van der Waals surface area (Å²) in [7, 11) is 0. The number of carboxylic acid groups (broad SMARTS) is 1. The highest BCUT2D eigenvalue weighted by molar-refractivity contribution is 5.94. The quantitative estimate of drug-likeness (QED) is 0.0439. The average molecular weight is 544 g/mol. The number of carbonyl (C=O) groups is 6. The van der Waals surface area contributed by atoms with Crippen molar-refractivity contribution in [3.63, 3.8) is 0 Å². The first-order valence-corrected chi connectivity index (χ1v) is 12.1. The van der Waals surface area contributed by atoms with Crippen molar-refractivity contribution in [2.24, 2.45) is 39.6 Å². The second-order valence-corrected chi connectivity index (χ2v) is 9.22. The predicted molar refractivity (Wildman–Crippen MR) is 138 cm³/mol. The van der Waals surface area contributed by atoms with Gasteiger partial charge in [0.2, 0.25) is 29.5 Å². The van der Waals surface area contributed by atoms with Gasteiger partial charge in [0.25, 0.3) is 0 Å². The number of hydrogen-bond donors (Lipinski definition) is 9. The molecular formula is C22H41N9O7. The van der Waals surface area contributed by atoms with Crippen LogP contribution in [0.1, 0.15) is 58.8 Å². The van der Waals surface area contributed by atoms with Crippen LogP contribution in [0.3, 0.4) is 0 Å². The van der Waals surface area contributed by atoms with Crippen LogP contribution in [0.5, 0.6) is 0 Å². The molecule has 0 aliphatic rings. The standard InChI is InChI=1S/C22H41N9O7/c1-11(2)10-15(31-18(34)12(23)4-3-9-28-22(26)27)20(36)29-13(5-7-16(24)32)19(35)30-14(21(37)38)6-8-17(25)33/h11-15H,3-10,23H2,1-2H3,(H2,24,32)(H2,25,33)(H,29,36)(H,30,35)(H,31,34)(H,37,38)(H4,26,27,28). The molecule has 4 atom stereocenters. The summed E-state index contributed by atoms with van der Waals surface area (Å²) < 4.78 is 0. The molecule has 5 amide bonds. The Balaban J connectivity index is 5.51. The second kappa shape index (κ2) is 17.5. The highest BCUT2D eigenvalue weighted by Crippen LogP contribution is 2.09. The third-order valence-corrected chi connectivity index (χ3v) is 5.25. The van der Waals surface area contributed by atoms with Gasteiger partial charge >= 0.3 is 5.97 Å². The molecule has 0 aliphatic heterocycles. The lowest BCUT2D eigenvalue weighted by Gasteiger charge is -2.26.